The molecule has 3 rings (SSSR count). The van der Waals surface area contributed by atoms with Gasteiger partial charge in [-0.25, -0.2) is 33.4 Å². The van der Waals surface area contributed by atoms with E-state index in [1.54, 1.807) is 0 Å². The molecule has 0 aliphatic rings. The number of imidazole rings is 1. The van der Waals surface area contributed by atoms with Crippen LogP contribution in [0, 0.1) is 0 Å². The maximum Gasteiger partial charge on any atom is 2.00 e. The van der Waals surface area contributed by atoms with Crippen molar-refractivity contribution < 1.29 is 45.6 Å². The first-order chi connectivity index (χ1) is 8.34. The molecule has 0 saturated heterocycles. The van der Waals surface area contributed by atoms with Crippen molar-refractivity contribution in [3.05, 3.63) is 78.9 Å². The van der Waals surface area contributed by atoms with Gasteiger partial charge in [0.15, 0.2) is 0 Å². The van der Waals surface area contributed by atoms with E-state index in [-0.39, 0.29) is 41.0 Å². The number of nitrogens with zero attached hydrogens (tertiary/aromatic N) is 2. The normalized spacial score (nSPS) is 8.68. The molecular formula is C15H17FeIN2. The van der Waals surface area contributed by atoms with Gasteiger partial charge in [0.25, 0.3) is 0 Å². The van der Waals surface area contributed by atoms with Crippen LogP contribution in [0.15, 0.2) is 73.3 Å². The van der Waals surface area contributed by atoms with Crippen LogP contribution in [0.4, 0.5) is 0 Å². The first-order valence-electron chi connectivity index (χ1n) is 5.73. The van der Waals surface area contributed by atoms with Gasteiger partial charge in [0.1, 0.15) is 12.4 Å². The van der Waals surface area contributed by atoms with Crippen molar-refractivity contribution in [1.82, 2.24) is 4.57 Å². The molecule has 2 aromatic carbocycles. The standard InChI is InChI=1S/C10H12N2.C5H5.Fe.HI/c1-11-6-7-12(9-11)8-10-4-2-3-5-10;1-2-4-5-3-1;;/h2-7,9H,8H2,1H3;1-5H;;1H/q;-1;+2;/p-1. The number of halogens is 1. The molecule has 4 heteroatoms. The fourth-order valence-electron chi connectivity index (χ4n) is 1.65. The van der Waals surface area contributed by atoms with Gasteiger partial charge in [-0.15, -0.1) is 5.56 Å². The van der Waals surface area contributed by atoms with Gasteiger partial charge in [0.2, 0.25) is 6.33 Å². The average Bonchev–Trinajstić information content (AvgIpc) is 3.02. The van der Waals surface area contributed by atoms with Crippen molar-refractivity contribution in [2.24, 2.45) is 7.05 Å². The Bertz CT molecular complexity index is 495. The zero-order chi connectivity index (χ0) is 11.9. The molecule has 0 aliphatic heterocycles. The molecule has 0 spiro atoms. The summed E-state index contributed by atoms with van der Waals surface area (Å²) < 4.78 is 4.21. The third kappa shape index (κ3) is 6.76. The molecule has 0 unspecified atom stereocenters. The minimum Gasteiger partial charge on any atom is -1.00 e. The Morgan fingerprint density at radius 2 is 1.74 bits per heavy atom. The minimum atomic E-state index is 0. The van der Waals surface area contributed by atoms with Gasteiger partial charge in [-0.1, -0.05) is 0 Å². The van der Waals surface area contributed by atoms with Gasteiger partial charge >= 0.3 is 17.1 Å². The molecule has 0 N–H and O–H groups in total. The Morgan fingerprint density at radius 1 is 1.11 bits per heavy atom. The zero-order valence-electron chi connectivity index (χ0n) is 10.8. The van der Waals surface area contributed by atoms with Crippen LogP contribution < -0.4 is 28.5 Å². The van der Waals surface area contributed by atoms with E-state index in [1.165, 1.54) is 5.56 Å². The van der Waals surface area contributed by atoms with E-state index in [4.69, 9.17) is 0 Å². The topological polar surface area (TPSA) is 8.81 Å². The van der Waals surface area contributed by atoms with Gasteiger partial charge in [0.05, 0.1) is 13.6 Å². The van der Waals surface area contributed by atoms with Crippen LogP contribution in [0.5, 0.6) is 0 Å². The summed E-state index contributed by atoms with van der Waals surface area (Å²) in [5.41, 5.74) is 1.35. The summed E-state index contributed by atoms with van der Waals surface area (Å²) in [7, 11) is 2.03. The summed E-state index contributed by atoms with van der Waals surface area (Å²) in [5.74, 6) is 0. The summed E-state index contributed by atoms with van der Waals surface area (Å²) in [5, 5.41) is 0. The van der Waals surface area contributed by atoms with Crippen LogP contribution in [0.1, 0.15) is 5.56 Å². The largest absolute Gasteiger partial charge is 2.00 e. The molecule has 1 aromatic heterocycles. The van der Waals surface area contributed by atoms with Gasteiger partial charge in [-0.2, -0.15) is 30.3 Å². The fourth-order valence-corrected chi connectivity index (χ4v) is 1.65. The van der Waals surface area contributed by atoms with E-state index in [1.807, 2.05) is 48.1 Å². The SMILES string of the molecule is C[n+]1ccn(C[c-]2cccc2)c1.[Fe+2].[I-].c1cc[cH-]c1. The fraction of sp³-hybridized carbons (Fsp3) is 0.133. The molecular weight excluding hydrogens is 391 g/mol. The van der Waals surface area contributed by atoms with Crippen LogP contribution in [0.3, 0.4) is 0 Å². The molecule has 3 aromatic rings. The van der Waals surface area contributed by atoms with Crippen molar-refractivity contribution in [2.75, 3.05) is 0 Å². The van der Waals surface area contributed by atoms with Crippen LogP contribution in [0.2, 0.25) is 0 Å². The molecule has 102 valence electrons. The van der Waals surface area contributed by atoms with Crippen molar-refractivity contribution in [3.8, 4) is 0 Å². The van der Waals surface area contributed by atoms with Crippen LogP contribution >= 0.6 is 0 Å². The molecule has 0 fully saturated rings. The van der Waals surface area contributed by atoms with Gasteiger partial charge in [-0.3, -0.25) is 0 Å². The Hall–Kier alpha value is -0.841. The summed E-state index contributed by atoms with van der Waals surface area (Å²) >= 11 is 0. The molecule has 19 heavy (non-hydrogen) atoms. The molecule has 1 heterocycles. The van der Waals surface area contributed by atoms with Crippen molar-refractivity contribution in [1.29, 1.82) is 0 Å². The first kappa shape index (κ1) is 18.2. The Labute approximate surface area is 142 Å². The predicted molar refractivity (Wildman–Crippen MR) is 68.8 cm³/mol. The quantitative estimate of drug-likeness (QED) is 0.234. The maximum absolute atomic E-state index is 2.16. The second kappa shape index (κ2) is 10.0. The number of hydrogen-bond acceptors (Lipinski definition) is 0. The molecule has 0 atom stereocenters. The monoisotopic (exact) mass is 408 g/mol. The maximum atomic E-state index is 2.16. The molecule has 0 radical (unpaired) electrons. The van der Waals surface area contributed by atoms with Gasteiger partial charge in [0, 0.05) is 0 Å². The van der Waals surface area contributed by atoms with Crippen LogP contribution in [-0.2, 0) is 30.7 Å². The van der Waals surface area contributed by atoms with Gasteiger partial charge < -0.3 is 24.0 Å². The van der Waals surface area contributed by atoms with E-state index < -0.39 is 0 Å². The Morgan fingerprint density at radius 3 is 2.16 bits per heavy atom. The Balaban J connectivity index is 0.000000399. The van der Waals surface area contributed by atoms with Crippen molar-refractivity contribution in [3.63, 3.8) is 0 Å². The van der Waals surface area contributed by atoms with Crippen LogP contribution in [0.25, 0.3) is 0 Å². The smallest absolute Gasteiger partial charge is 1.00 e. The van der Waals surface area contributed by atoms with E-state index in [9.17, 15) is 0 Å². The number of hydrogen-bond donors (Lipinski definition) is 0. The molecule has 0 amide bonds. The molecule has 2 nitrogen and oxygen atoms in total. The van der Waals surface area contributed by atoms with Crippen LogP contribution in [-0.4, -0.2) is 4.57 Å². The van der Waals surface area contributed by atoms with Crippen molar-refractivity contribution >= 4 is 0 Å². The average molecular weight is 408 g/mol. The second-order valence-electron chi connectivity index (χ2n) is 4.01. The third-order valence-corrected chi connectivity index (χ3v) is 2.48. The summed E-state index contributed by atoms with van der Waals surface area (Å²) in [6, 6.07) is 18.4. The van der Waals surface area contributed by atoms with Gasteiger partial charge in [-0.05, 0) is 0 Å². The third-order valence-electron chi connectivity index (χ3n) is 2.48. The number of aromatic nitrogens is 2. The number of aryl methyl sites for hydroxylation is 1. The predicted octanol–water partition coefficient (Wildman–Crippen LogP) is -0.513. The van der Waals surface area contributed by atoms with Crippen molar-refractivity contribution in [2.45, 2.75) is 6.54 Å². The summed E-state index contributed by atoms with van der Waals surface area (Å²) in [6.45, 7) is 0.966. The van der Waals surface area contributed by atoms with E-state index in [0.29, 0.717) is 0 Å². The Kier molecular flexibility index (Phi) is 9.57. The summed E-state index contributed by atoms with van der Waals surface area (Å²) in [4.78, 5) is 0. The molecule has 0 saturated carbocycles. The van der Waals surface area contributed by atoms with E-state index in [0.717, 1.165) is 6.54 Å². The zero-order valence-corrected chi connectivity index (χ0v) is 14.0. The second-order valence-corrected chi connectivity index (χ2v) is 4.01. The van der Waals surface area contributed by atoms with E-state index >= 15 is 0 Å². The molecule has 0 aliphatic carbocycles. The minimum absolute atomic E-state index is 0. The first-order valence-corrected chi connectivity index (χ1v) is 5.73. The molecule has 0 bridgehead atoms. The summed E-state index contributed by atoms with van der Waals surface area (Å²) in [6.07, 6.45) is 6.20. The van der Waals surface area contributed by atoms with E-state index in [2.05, 4.69) is 41.4 Å². The number of rotatable bonds is 2.